The average Bonchev–Trinajstić information content (AvgIpc) is 2.29. The molecule has 1 fully saturated rings. The summed E-state index contributed by atoms with van der Waals surface area (Å²) in [7, 11) is 0. The third-order valence-electron chi connectivity index (χ3n) is 2.85. The Morgan fingerprint density at radius 3 is 2.81 bits per heavy atom. The van der Waals surface area contributed by atoms with Crippen molar-refractivity contribution >= 4 is 11.8 Å². The van der Waals surface area contributed by atoms with Crippen LogP contribution in [0.3, 0.4) is 0 Å². The lowest BCUT2D eigenvalue weighted by atomic mass is 10.1. The zero-order chi connectivity index (χ0) is 12.0. The Bertz CT molecular complexity index is 256. The van der Waals surface area contributed by atoms with Crippen molar-refractivity contribution in [2.45, 2.75) is 26.2 Å². The van der Waals surface area contributed by atoms with Gasteiger partial charge in [0.1, 0.15) is 0 Å². The van der Waals surface area contributed by atoms with Crippen LogP contribution in [-0.2, 0) is 9.59 Å². The summed E-state index contributed by atoms with van der Waals surface area (Å²) < 4.78 is 0. The minimum atomic E-state index is -0.0770. The Labute approximate surface area is 96.0 Å². The number of rotatable bonds is 5. The number of carbonyl (C=O) groups is 2. The number of likely N-dealkylation sites (tertiary alicyclic amines) is 1. The summed E-state index contributed by atoms with van der Waals surface area (Å²) in [6, 6.07) is 0. The van der Waals surface area contributed by atoms with Crippen LogP contribution in [0.4, 0.5) is 0 Å². The minimum Gasteiger partial charge on any atom is -0.395 e. The third-order valence-corrected chi connectivity index (χ3v) is 2.85. The number of hydrogen-bond donors (Lipinski definition) is 1. The number of hydrogen-bond acceptors (Lipinski definition) is 3. The van der Waals surface area contributed by atoms with Gasteiger partial charge in [-0.3, -0.25) is 9.59 Å². The third kappa shape index (κ3) is 3.48. The molecule has 0 aliphatic carbocycles. The molecule has 0 atom stereocenters. The van der Waals surface area contributed by atoms with Gasteiger partial charge >= 0.3 is 0 Å². The van der Waals surface area contributed by atoms with Crippen molar-refractivity contribution in [3.05, 3.63) is 0 Å². The highest BCUT2D eigenvalue weighted by molar-refractivity contribution is 5.85. The van der Waals surface area contributed by atoms with E-state index >= 15 is 0 Å². The molecule has 0 radical (unpaired) electrons. The molecule has 0 bridgehead atoms. The molecule has 1 N–H and O–H groups in total. The Kier molecular flexibility index (Phi) is 5.25. The van der Waals surface area contributed by atoms with Gasteiger partial charge in [0.05, 0.1) is 13.2 Å². The number of aliphatic hydroxyl groups excluding tert-OH is 1. The predicted octanol–water partition coefficient (Wildman–Crippen LogP) is -0.160. The van der Waals surface area contributed by atoms with Gasteiger partial charge in [-0.15, -0.1) is 0 Å². The lowest BCUT2D eigenvalue weighted by molar-refractivity contribution is -0.142. The van der Waals surface area contributed by atoms with E-state index in [0.29, 0.717) is 26.1 Å². The molecule has 92 valence electrons. The first-order valence-corrected chi connectivity index (χ1v) is 5.85. The quantitative estimate of drug-likeness (QED) is 0.711. The smallest absolute Gasteiger partial charge is 0.242 e. The molecule has 1 rings (SSSR count). The molecule has 0 saturated carbocycles. The molecule has 2 amide bonds. The van der Waals surface area contributed by atoms with E-state index in [1.807, 2.05) is 6.92 Å². The number of carbonyl (C=O) groups excluding carboxylic acids is 2. The van der Waals surface area contributed by atoms with Gasteiger partial charge < -0.3 is 14.9 Å². The van der Waals surface area contributed by atoms with Crippen molar-refractivity contribution in [3.8, 4) is 0 Å². The van der Waals surface area contributed by atoms with Crippen molar-refractivity contribution in [3.63, 3.8) is 0 Å². The lowest BCUT2D eigenvalue weighted by Crippen LogP contribution is -2.45. The van der Waals surface area contributed by atoms with E-state index in [1.165, 1.54) is 0 Å². The van der Waals surface area contributed by atoms with Gasteiger partial charge in [-0.25, -0.2) is 0 Å². The number of nitrogens with zero attached hydrogens (tertiary/aromatic N) is 2. The summed E-state index contributed by atoms with van der Waals surface area (Å²) in [4.78, 5) is 26.5. The summed E-state index contributed by atoms with van der Waals surface area (Å²) in [5.74, 6) is -0.00792. The van der Waals surface area contributed by atoms with E-state index in [4.69, 9.17) is 5.11 Å². The molecule has 5 heteroatoms. The van der Waals surface area contributed by atoms with E-state index < -0.39 is 0 Å². The van der Waals surface area contributed by atoms with Gasteiger partial charge in [-0.1, -0.05) is 0 Å². The maximum absolute atomic E-state index is 11.8. The first-order valence-electron chi connectivity index (χ1n) is 5.85. The highest BCUT2D eigenvalue weighted by atomic mass is 16.3. The molecule has 0 aromatic heterocycles. The van der Waals surface area contributed by atoms with Gasteiger partial charge in [-0.05, 0) is 19.8 Å². The van der Waals surface area contributed by atoms with Gasteiger partial charge in [0.25, 0.3) is 0 Å². The Hall–Kier alpha value is -1.10. The van der Waals surface area contributed by atoms with Crippen LogP contribution >= 0.6 is 0 Å². The maximum Gasteiger partial charge on any atom is 0.242 e. The second-order valence-corrected chi connectivity index (χ2v) is 3.97. The van der Waals surface area contributed by atoms with Crippen molar-refractivity contribution in [2.24, 2.45) is 0 Å². The van der Waals surface area contributed by atoms with Crippen LogP contribution in [-0.4, -0.2) is 59.5 Å². The number of piperidine rings is 1. The molecular weight excluding hydrogens is 208 g/mol. The van der Waals surface area contributed by atoms with E-state index in [1.54, 1.807) is 9.80 Å². The molecular formula is C11H20N2O3. The van der Waals surface area contributed by atoms with Gasteiger partial charge in [0.2, 0.25) is 11.8 Å². The van der Waals surface area contributed by atoms with E-state index in [0.717, 1.165) is 12.8 Å². The lowest BCUT2D eigenvalue weighted by Gasteiger charge is -2.29. The molecule has 0 spiro atoms. The average molecular weight is 228 g/mol. The molecule has 1 aliphatic heterocycles. The van der Waals surface area contributed by atoms with Crippen LogP contribution in [0.5, 0.6) is 0 Å². The van der Waals surface area contributed by atoms with E-state index in [9.17, 15) is 9.59 Å². The molecule has 5 nitrogen and oxygen atoms in total. The Morgan fingerprint density at radius 1 is 1.50 bits per heavy atom. The number of amides is 2. The molecule has 0 aromatic carbocycles. The fraction of sp³-hybridized carbons (Fsp3) is 0.818. The minimum absolute atomic E-state index is 0.0342. The van der Waals surface area contributed by atoms with Crippen molar-refractivity contribution in [1.29, 1.82) is 0 Å². The van der Waals surface area contributed by atoms with Crippen molar-refractivity contribution in [2.75, 3.05) is 32.8 Å². The molecule has 1 aliphatic rings. The fourth-order valence-electron chi connectivity index (χ4n) is 1.87. The first kappa shape index (κ1) is 13.0. The molecule has 0 unspecified atom stereocenters. The molecule has 1 saturated heterocycles. The van der Waals surface area contributed by atoms with Crippen molar-refractivity contribution < 1.29 is 14.7 Å². The van der Waals surface area contributed by atoms with Crippen LogP contribution in [0.15, 0.2) is 0 Å². The Balaban J connectivity index is 2.45. The molecule has 0 aromatic rings. The SMILES string of the molecule is CCN(CCO)C(=O)CN1CCCCC1=O. The summed E-state index contributed by atoms with van der Waals surface area (Å²) in [6.45, 7) is 3.59. The zero-order valence-electron chi connectivity index (χ0n) is 9.81. The van der Waals surface area contributed by atoms with Gasteiger partial charge in [0.15, 0.2) is 0 Å². The van der Waals surface area contributed by atoms with Gasteiger partial charge in [-0.2, -0.15) is 0 Å². The highest BCUT2D eigenvalue weighted by Crippen LogP contribution is 2.10. The summed E-state index contributed by atoms with van der Waals surface area (Å²) in [5, 5.41) is 8.80. The van der Waals surface area contributed by atoms with Crippen molar-refractivity contribution in [1.82, 2.24) is 9.80 Å². The maximum atomic E-state index is 11.8. The van der Waals surface area contributed by atoms with E-state index in [2.05, 4.69) is 0 Å². The largest absolute Gasteiger partial charge is 0.395 e. The molecule has 1 heterocycles. The normalized spacial score (nSPS) is 16.4. The zero-order valence-corrected chi connectivity index (χ0v) is 9.81. The first-order chi connectivity index (χ1) is 7.69. The van der Waals surface area contributed by atoms with Crippen LogP contribution in [0, 0.1) is 0 Å². The fourth-order valence-corrected chi connectivity index (χ4v) is 1.87. The monoisotopic (exact) mass is 228 g/mol. The van der Waals surface area contributed by atoms with Crippen LogP contribution in [0.1, 0.15) is 26.2 Å². The van der Waals surface area contributed by atoms with E-state index in [-0.39, 0.29) is 25.0 Å². The summed E-state index contributed by atoms with van der Waals surface area (Å²) >= 11 is 0. The van der Waals surface area contributed by atoms with Gasteiger partial charge in [0, 0.05) is 26.1 Å². The second kappa shape index (κ2) is 6.48. The highest BCUT2D eigenvalue weighted by Gasteiger charge is 2.22. The van der Waals surface area contributed by atoms with Crippen LogP contribution in [0.25, 0.3) is 0 Å². The number of aliphatic hydroxyl groups is 1. The summed E-state index contributed by atoms with van der Waals surface area (Å²) in [6.07, 6.45) is 2.46. The number of likely N-dealkylation sites (N-methyl/N-ethyl adjacent to an activating group) is 1. The summed E-state index contributed by atoms with van der Waals surface area (Å²) in [5.41, 5.74) is 0. The molecule has 16 heavy (non-hydrogen) atoms. The Morgan fingerprint density at radius 2 is 2.25 bits per heavy atom. The topological polar surface area (TPSA) is 60.9 Å². The standard InChI is InChI=1S/C11H20N2O3/c1-2-12(7-8-14)11(16)9-13-6-4-3-5-10(13)15/h14H,2-9H2,1H3. The van der Waals surface area contributed by atoms with Crippen LogP contribution in [0.2, 0.25) is 0 Å². The second-order valence-electron chi connectivity index (χ2n) is 3.97. The van der Waals surface area contributed by atoms with Crippen LogP contribution < -0.4 is 0 Å². The predicted molar refractivity (Wildman–Crippen MR) is 59.8 cm³/mol.